The van der Waals surface area contributed by atoms with Gasteiger partial charge in [0.15, 0.2) is 5.82 Å². The molecule has 1 aromatic rings. The van der Waals surface area contributed by atoms with Crippen LogP contribution in [0.1, 0.15) is 12.2 Å². The van der Waals surface area contributed by atoms with Gasteiger partial charge in [-0.15, -0.1) is 5.10 Å². The fraction of sp³-hybridized carbons (Fsp3) is 0.667. The van der Waals surface area contributed by atoms with Crippen LogP contribution in [0, 0.1) is 0 Å². The monoisotopic (exact) mass is 185 g/mol. The van der Waals surface area contributed by atoms with Crippen LogP contribution in [-0.4, -0.2) is 39.7 Å². The molecule has 1 aromatic heterocycles. The topological polar surface area (TPSA) is 107 Å². The SMILES string of the molecule is NCCC(=O)OCCc1nnn[nH]1. The molecule has 7 nitrogen and oxygen atoms in total. The van der Waals surface area contributed by atoms with E-state index in [0.717, 1.165) is 0 Å². The highest BCUT2D eigenvalue weighted by molar-refractivity contribution is 5.69. The predicted octanol–water partition coefficient (Wildman–Crippen LogP) is -1.37. The van der Waals surface area contributed by atoms with Gasteiger partial charge in [-0.25, -0.2) is 5.10 Å². The number of tetrazole rings is 1. The van der Waals surface area contributed by atoms with E-state index in [1.54, 1.807) is 0 Å². The van der Waals surface area contributed by atoms with E-state index in [1.807, 2.05) is 0 Å². The summed E-state index contributed by atoms with van der Waals surface area (Å²) in [6, 6.07) is 0. The summed E-state index contributed by atoms with van der Waals surface area (Å²) < 4.78 is 4.82. The molecule has 13 heavy (non-hydrogen) atoms. The number of esters is 1. The lowest BCUT2D eigenvalue weighted by Gasteiger charge is -2.00. The van der Waals surface area contributed by atoms with Crippen molar-refractivity contribution >= 4 is 5.97 Å². The Labute approximate surface area is 74.6 Å². The van der Waals surface area contributed by atoms with Gasteiger partial charge in [0.25, 0.3) is 0 Å². The molecule has 0 amide bonds. The second-order valence-corrected chi connectivity index (χ2v) is 2.36. The maximum absolute atomic E-state index is 10.8. The molecule has 0 aromatic carbocycles. The summed E-state index contributed by atoms with van der Waals surface area (Å²) in [4.78, 5) is 10.8. The molecule has 0 fully saturated rings. The molecular formula is C6H11N5O2. The predicted molar refractivity (Wildman–Crippen MR) is 42.5 cm³/mol. The van der Waals surface area contributed by atoms with E-state index in [9.17, 15) is 4.79 Å². The molecule has 0 saturated carbocycles. The molecule has 0 aliphatic rings. The highest BCUT2D eigenvalue weighted by atomic mass is 16.5. The maximum Gasteiger partial charge on any atom is 0.307 e. The van der Waals surface area contributed by atoms with Gasteiger partial charge in [0.1, 0.15) is 0 Å². The molecule has 72 valence electrons. The number of carbonyl (C=O) groups is 1. The van der Waals surface area contributed by atoms with Crippen LogP contribution >= 0.6 is 0 Å². The van der Waals surface area contributed by atoms with Gasteiger partial charge >= 0.3 is 5.97 Å². The zero-order valence-corrected chi connectivity index (χ0v) is 7.06. The molecule has 0 aliphatic carbocycles. The fourth-order valence-electron chi connectivity index (χ4n) is 0.736. The van der Waals surface area contributed by atoms with Crippen molar-refractivity contribution in [2.75, 3.05) is 13.2 Å². The highest BCUT2D eigenvalue weighted by Gasteiger charge is 2.02. The third-order valence-corrected chi connectivity index (χ3v) is 1.34. The molecule has 0 atom stereocenters. The normalized spacial score (nSPS) is 9.92. The summed E-state index contributed by atoms with van der Waals surface area (Å²) in [7, 11) is 0. The molecule has 0 spiro atoms. The largest absolute Gasteiger partial charge is 0.465 e. The number of nitrogens with two attached hydrogens (primary N) is 1. The number of ether oxygens (including phenoxy) is 1. The Kier molecular flexibility index (Phi) is 3.83. The molecule has 1 rings (SSSR count). The summed E-state index contributed by atoms with van der Waals surface area (Å²) >= 11 is 0. The first-order valence-electron chi connectivity index (χ1n) is 3.91. The first kappa shape index (κ1) is 9.59. The molecule has 3 N–H and O–H groups in total. The number of aromatic amines is 1. The minimum absolute atomic E-state index is 0.245. The van der Waals surface area contributed by atoms with Gasteiger partial charge in [-0.05, 0) is 10.4 Å². The van der Waals surface area contributed by atoms with Gasteiger partial charge in [-0.1, -0.05) is 0 Å². The smallest absolute Gasteiger partial charge is 0.307 e. The van der Waals surface area contributed by atoms with Crippen molar-refractivity contribution in [2.45, 2.75) is 12.8 Å². The number of nitrogens with zero attached hydrogens (tertiary/aromatic N) is 3. The van der Waals surface area contributed by atoms with E-state index in [0.29, 0.717) is 18.8 Å². The lowest BCUT2D eigenvalue weighted by atomic mass is 10.4. The molecule has 7 heteroatoms. The van der Waals surface area contributed by atoms with Gasteiger partial charge in [-0.2, -0.15) is 0 Å². The fourth-order valence-corrected chi connectivity index (χ4v) is 0.736. The Morgan fingerprint density at radius 2 is 2.46 bits per heavy atom. The van der Waals surface area contributed by atoms with Gasteiger partial charge in [0, 0.05) is 13.0 Å². The highest BCUT2D eigenvalue weighted by Crippen LogP contribution is 1.89. The van der Waals surface area contributed by atoms with Crippen molar-refractivity contribution in [1.82, 2.24) is 20.6 Å². The minimum Gasteiger partial charge on any atom is -0.465 e. The number of nitrogens with one attached hydrogen (secondary N) is 1. The van der Waals surface area contributed by atoms with Crippen LogP contribution in [0.25, 0.3) is 0 Å². The average Bonchev–Trinajstić information content (AvgIpc) is 2.57. The van der Waals surface area contributed by atoms with Crippen molar-refractivity contribution in [1.29, 1.82) is 0 Å². The van der Waals surface area contributed by atoms with Gasteiger partial charge < -0.3 is 10.5 Å². The molecule has 0 radical (unpaired) electrons. The van der Waals surface area contributed by atoms with Crippen LogP contribution in [0.4, 0.5) is 0 Å². The molecule has 0 aliphatic heterocycles. The third-order valence-electron chi connectivity index (χ3n) is 1.34. The van der Waals surface area contributed by atoms with E-state index in [4.69, 9.17) is 10.5 Å². The quantitative estimate of drug-likeness (QED) is 0.548. The lowest BCUT2D eigenvalue weighted by molar-refractivity contribution is -0.143. The van der Waals surface area contributed by atoms with Gasteiger partial charge in [-0.3, -0.25) is 4.79 Å². The van der Waals surface area contributed by atoms with Crippen LogP contribution in [0.5, 0.6) is 0 Å². The molecule has 1 heterocycles. The Morgan fingerprint density at radius 1 is 1.62 bits per heavy atom. The minimum atomic E-state index is -0.296. The van der Waals surface area contributed by atoms with Crippen molar-refractivity contribution in [3.63, 3.8) is 0 Å². The molecule has 0 bridgehead atoms. The zero-order chi connectivity index (χ0) is 9.52. The zero-order valence-electron chi connectivity index (χ0n) is 7.06. The first-order valence-corrected chi connectivity index (χ1v) is 3.91. The van der Waals surface area contributed by atoms with E-state index in [1.165, 1.54) is 0 Å². The number of H-pyrrole nitrogens is 1. The molecule has 0 saturated heterocycles. The Balaban J connectivity index is 2.11. The van der Waals surface area contributed by atoms with Crippen molar-refractivity contribution in [3.05, 3.63) is 5.82 Å². The third kappa shape index (κ3) is 3.61. The lowest BCUT2D eigenvalue weighted by Crippen LogP contribution is -2.13. The van der Waals surface area contributed by atoms with Crippen LogP contribution in [-0.2, 0) is 16.0 Å². The van der Waals surface area contributed by atoms with E-state index in [-0.39, 0.29) is 19.0 Å². The number of hydrogen-bond acceptors (Lipinski definition) is 6. The Hall–Kier alpha value is -1.50. The van der Waals surface area contributed by atoms with Gasteiger partial charge in [0.05, 0.1) is 13.0 Å². The van der Waals surface area contributed by atoms with E-state index in [2.05, 4.69) is 20.6 Å². The summed E-state index contributed by atoms with van der Waals surface area (Å²) in [6.45, 7) is 0.582. The average molecular weight is 185 g/mol. The van der Waals surface area contributed by atoms with Crippen molar-refractivity contribution < 1.29 is 9.53 Å². The van der Waals surface area contributed by atoms with Crippen molar-refractivity contribution in [3.8, 4) is 0 Å². The van der Waals surface area contributed by atoms with Crippen LogP contribution in [0.3, 0.4) is 0 Å². The first-order chi connectivity index (χ1) is 6.33. The van der Waals surface area contributed by atoms with E-state index >= 15 is 0 Å². The Morgan fingerprint density at radius 3 is 3.08 bits per heavy atom. The van der Waals surface area contributed by atoms with Crippen LogP contribution < -0.4 is 5.73 Å². The number of aromatic nitrogens is 4. The molecule has 0 unspecified atom stereocenters. The number of carbonyl (C=O) groups excluding carboxylic acids is 1. The second kappa shape index (κ2) is 5.20. The van der Waals surface area contributed by atoms with Crippen LogP contribution in [0.2, 0.25) is 0 Å². The summed E-state index contributed by atoms with van der Waals surface area (Å²) in [5.41, 5.74) is 5.16. The summed E-state index contributed by atoms with van der Waals surface area (Å²) in [6.07, 6.45) is 0.734. The van der Waals surface area contributed by atoms with E-state index < -0.39 is 0 Å². The van der Waals surface area contributed by atoms with Crippen LogP contribution in [0.15, 0.2) is 0 Å². The summed E-state index contributed by atoms with van der Waals surface area (Å²) in [5.74, 6) is 0.301. The summed E-state index contributed by atoms with van der Waals surface area (Å²) in [5, 5.41) is 12.9. The maximum atomic E-state index is 10.8. The number of hydrogen-bond donors (Lipinski definition) is 2. The van der Waals surface area contributed by atoms with Crippen molar-refractivity contribution in [2.24, 2.45) is 5.73 Å². The standard InChI is InChI=1S/C6H11N5O2/c7-3-1-6(12)13-4-2-5-8-10-11-9-5/h1-4,7H2,(H,8,9,10,11). The number of rotatable bonds is 5. The Bertz CT molecular complexity index is 248. The molecular weight excluding hydrogens is 174 g/mol. The second-order valence-electron chi connectivity index (χ2n) is 2.36. The van der Waals surface area contributed by atoms with Gasteiger partial charge in [0.2, 0.25) is 0 Å².